The summed E-state index contributed by atoms with van der Waals surface area (Å²) in [5.41, 5.74) is 1.47. The molecule has 0 amide bonds. The lowest BCUT2D eigenvalue weighted by molar-refractivity contribution is 0.367. The minimum Gasteiger partial charge on any atom is -0.306 e. The van der Waals surface area contributed by atoms with Crippen LogP contribution in [0.4, 0.5) is 0 Å². The van der Waals surface area contributed by atoms with E-state index in [0.29, 0.717) is 0 Å². The zero-order valence-corrected chi connectivity index (χ0v) is 9.67. The van der Waals surface area contributed by atoms with Crippen molar-refractivity contribution in [1.82, 2.24) is 15.1 Å². The highest BCUT2D eigenvalue weighted by atomic mass is 15.3. The summed E-state index contributed by atoms with van der Waals surface area (Å²) in [6.45, 7) is 10.6. The van der Waals surface area contributed by atoms with Gasteiger partial charge in [0.25, 0.3) is 0 Å². The quantitative estimate of drug-likeness (QED) is 0.780. The summed E-state index contributed by atoms with van der Waals surface area (Å²) in [5, 5.41) is 7.76. The van der Waals surface area contributed by atoms with E-state index in [1.807, 2.05) is 10.9 Å². The maximum absolute atomic E-state index is 4.24. The first kappa shape index (κ1) is 11.2. The highest BCUT2D eigenvalue weighted by Crippen LogP contribution is 2.08. The molecule has 80 valence electrons. The van der Waals surface area contributed by atoms with Gasteiger partial charge < -0.3 is 5.32 Å². The second-order valence-electron chi connectivity index (χ2n) is 4.23. The van der Waals surface area contributed by atoms with Crippen molar-refractivity contribution < 1.29 is 0 Å². The van der Waals surface area contributed by atoms with Gasteiger partial charge in [0, 0.05) is 24.8 Å². The van der Waals surface area contributed by atoms with Crippen LogP contribution in [-0.2, 0) is 13.1 Å². The molecule has 0 unspecified atom stereocenters. The molecule has 0 spiro atoms. The summed E-state index contributed by atoms with van der Waals surface area (Å²) in [5.74, 6) is 0. The topological polar surface area (TPSA) is 29.9 Å². The summed E-state index contributed by atoms with van der Waals surface area (Å²) >= 11 is 0. The first-order valence-electron chi connectivity index (χ1n) is 5.34. The van der Waals surface area contributed by atoms with Crippen LogP contribution >= 0.6 is 0 Å². The van der Waals surface area contributed by atoms with Gasteiger partial charge in [0.2, 0.25) is 0 Å². The highest BCUT2D eigenvalue weighted by molar-refractivity contribution is 5.00. The maximum Gasteiger partial charge on any atom is 0.0522 e. The molecule has 0 saturated heterocycles. The normalized spacial score (nSPS) is 12.0. The van der Waals surface area contributed by atoms with Gasteiger partial charge in [0.15, 0.2) is 0 Å². The van der Waals surface area contributed by atoms with Crippen LogP contribution < -0.4 is 5.32 Å². The summed E-state index contributed by atoms with van der Waals surface area (Å²) in [6.07, 6.45) is 2.99. The Hall–Kier alpha value is -0.830. The Morgan fingerprint density at radius 3 is 2.71 bits per heavy atom. The molecule has 0 fully saturated rings. The lowest BCUT2D eigenvalue weighted by atomic mass is 10.0. The molecule has 1 rings (SSSR count). The van der Waals surface area contributed by atoms with Gasteiger partial charge in [-0.05, 0) is 33.3 Å². The minimum atomic E-state index is 0.211. The predicted molar refractivity (Wildman–Crippen MR) is 59.1 cm³/mol. The molecule has 1 N–H and O–H groups in total. The number of nitrogens with one attached hydrogen (secondary N) is 1. The first-order chi connectivity index (χ1) is 6.59. The van der Waals surface area contributed by atoms with Crippen molar-refractivity contribution in [2.45, 2.75) is 52.7 Å². The van der Waals surface area contributed by atoms with Crippen LogP contribution in [0.5, 0.6) is 0 Å². The molecular weight excluding hydrogens is 174 g/mol. The van der Waals surface area contributed by atoms with Crippen molar-refractivity contribution >= 4 is 0 Å². The summed E-state index contributed by atoms with van der Waals surface area (Å²) in [4.78, 5) is 0. The second-order valence-corrected chi connectivity index (χ2v) is 4.23. The minimum absolute atomic E-state index is 0.211. The average Bonchev–Trinajstić information content (AvgIpc) is 2.62. The van der Waals surface area contributed by atoms with Gasteiger partial charge in [-0.1, -0.05) is 6.92 Å². The molecule has 0 aliphatic carbocycles. The monoisotopic (exact) mass is 195 g/mol. The molecule has 0 bridgehead atoms. The molecule has 3 nitrogen and oxygen atoms in total. The van der Waals surface area contributed by atoms with E-state index in [0.717, 1.165) is 19.5 Å². The van der Waals surface area contributed by atoms with E-state index < -0.39 is 0 Å². The van der Waals surface area contributed by atoms with Crippen molar-refractivity contribution in [2.24, 2.45) is 0 Å². The van der Waals surface area contributed by atoms with E-state index in [1.54, 1.807) is 0 Å². The smallest absolute Gasteiger partial charge is 0.0522 e. The van der Waals surface area contributed by atoms with Gasteiger partial charge in [0.1, 0.15) is 0 Å². The van der Waals surface area contributed by atoms with Crippen LogP contribution in [0.15, 0.2) is 12.3 Å². The lowest BCUT2D eigenvalue weighted by Crippen LogP contribution is -2.38. The van der Waals surface area contributed by atoms with Crippen LogP contribution in [0.25, 0.3) is 0 Å². The van der Waals surface area contributed by atoms with Gasteiger partial charge in [-0.2, -0.15) is 5.10 Å². The summed E-state index contributed by atoms with van der Waals surface area (Å²) in [6, 6.07) is 2.07. The number of hydrogen-bond acceptors (Lipinski definition) is 2. The van der Waals surface area contributed by atoms with Crippen LogP contribution in [0, 0.1) is 0 Å². The van der Waals surface area contributed by atoms with Gasteiger partial charge >= 0.3 is 0 Å². The fourth-order valence-corrected chi connectivity index (χ4v) is 1.25. The number of hydrogen-bond donors (Lipinski definition) is 1. The van der Waals surface area contributed by atoms with Crippen LogP contribution in [0.3, 0.4) is 0 Å². The van der Waals surface area contributed by atoms with E-state index in [9.17, 15) is 0 Å². The third-order valence-electron chi connectivity index (χ3n) is 2.74. The Kier molecular flexibility index (Phi) is 3.69. The number of aryl methyl sites for hydroxylation is 1. The van der Waals surface area contributed by atoms with Crippen LogP contribution in [-0.4, -0.2) is 15.3 Å². The molecule has 0 aliphatic heterocycles. The summed E-state index contributed by atoms with van der Waals surface area (Å²) in [7, 11) is 0. The van der Waals surface area contributed by atoms with Crippen molar-refractivity contribution in [2.75, 3.05) is 0 Å². The maximum atomic E-state index is 4.24. The van der Waals surface area contributed by atoms with Crippen molar-refractivity contribution in [3.05, 3.63) is 18.0 Å². The van der Waals surface area contributed by atoms with Crippen molar-refractivity contribution in [3.63, 3.8) is 0 Å². The van der Waals surface area contributed by atoms with Gasteiger partial charge in [-0.25, -0.2) is 0 Å². The van der Waals surface area contributed by atoms with Gasteiger partial charge in [0.05, 0.1) is 5.69 Å². The van der Waals surface area contributed by atoms with Gasteiger partial charge in [-0.3, -0.25) is 4.68 Å². The molecule has 14 heavy (non-hydrogen) atoms. The third kappa shape index (κ3) is 2.84. The zero-order chi connectivity index (χ0) is 10.6. The molecule has 0 radical (unpaired) electrons. The Balaban J connectivity index is 2.53. The Morgan fingerprint density at radius 2 is 2.14 bits per heavy atom. The Labute approximate surface area is 86.5 Å². The molecule has 1 heterocycles. The molecular formula is C11H21N3. The largest absolute Gasteiger partial charge is 0.306 e. The van der Waals surface area contributed by atoms with E-state index in [-0.39, 0.29) is 5.54 Å². The predicted octanol–water partition coefficient (Wildman–Crippen LogP) is 2.18. The Morgan fingerprint density at radius 1 is 1.43 bits per heavy atom. The number of rotatable bonds is 5. The lowest BCUT2D eigenvalue weighted by Gasteiger charge is -2.24. The van der Waals surface area contributed by atoms with Crippen LogP contribution in [0.2, 0.25) is 0 Å². The van der Waals surface area contributed by atoms with E-state index in [2.05, 4.69) is 44.2 Å². The van der Waals surface area contributed by atoms with Crippen molar-refractivity contribution in [3.8, 4) is 0 Å². The highest BCUT2D eigenvalue weighted by Gasteiger charge is 2.14. The van der Waals surface area contributed by atoms with E-state index in [4.69, 9.17) is 0 Å². The SMILES string of the molecule is CCn1nccc1CNC(C)(C)CC. The van der Waals surface area contributed by atoms with E-state index >= 15 is 0 Å². The Bertz CT molecular complexity index is 276. The molecule has 1 aromatic rings. The molecule has 0 aromatic carbocycles. The fourth-order valence-electron chi connectivity index (χ4n) is 1.25. The third-order valence-corrected chi connectivity index (χ3v) is 2.74. The number of aromatic nitrogens is 2. The van der Waals surface area contributed by atoms with Gasteiger partial charge in [-0.15, -0.1) is 0 Å². The van der Waals surface area contributed by atoms with Crippen LogP contribution in [0.1, 0.15) is 39.8 Å². The molecule has 0 atom stereocenters. The molecule has 0 saturated carbocycles. The molecule has 1 aromatic heterocycles. The second kappa shape index (κ2) is 4.60. The zero-order valence-electron chi connectivity index (χ0n) is 9.67. The fraction of sp³-hybridized carbons (Fsp3) is 0.727. The van der Waals surface area contributed by atoms with E-state index in [1.165, 1.54) is 5.69 Å². The van der Waals surface area contributed by atoms with Crippen molar-refractivity contribution in [1.29, 1.82) is 0 Å². The standard InChI is InChI=1S/C11H21N3/c1-5-11(3,4)12-9-10-7-8-13-14(10)6-2/h7-8,12H,5-6,9H2,1-4H3. The molecule has 0 aliphatic rings. The first-order valence-corrected chi connectivity index (χ1v) is 5.34. The number of nitrogens with zero attached hydrogens (tertiary/aromatic N) is 2. The summed E-state index contributed by atoms with van der Waals surface area (Å²) < 4.78 is 2.03. The molecule has 3 heteroatoms. The average molecular weight is 195 g/mol.